The van der Waals surface area contributed by atoms with Gasteiger partial charge in [-0.3, -0.25) is 14.5 Å². The van der Waals surface area contributed by atoms with Gasteiger partial charge in [-0.2, -0.15) is 0 Å². The van der Waals surface area contributed by atoms with E-state index >= 15 is 0 Å². The lowest BCUT2D eigenvalue weighted by atomic mass is 9.98. The number of imide groups is 1. The lowest BCUT2D eigenvalue weighted by Crippen LogP contribution is -2.41. The fraction of sp³-hybridized carbons (Fsp3) is 0.400. The molecule has 9 nitrogen and oxygen atoms in total. The third-order valence-electron chi connectivity index (χ3n) is 6.34. The molecule has 4 amide bonds. The van der Waals surface area contributed by atoms with Crippen molar-refractivity contribution in [3.05, 3.63) is 53.1 Å². The summed E-state index contributed by atoms with van der Waals surface area (Å²) in [5, 5.41) is 2.66. The maximum atomic E-state index is 13.0. The first kappa shape index (κ1) is 23.4. The van der Waals surface area contributed by atoms with Gasteiger partial charge in [0, 0.05) is 19.6 Å². The van der Waals surface area contributed by atoms with Gasteiger partial charge in [0.1, 0.15) is 11.8 Å². The molecule has 2 aliphatic rings. The quantitative estimate of drug-likeness (QED) is 0.598. The number of methoxy groups -OCH3 is 3. The fourth-order valence-electron chi connectivity index (χ4n) is 4.36. The molecule has 9 heteroatoms. The van der Waals surface area contributed by atoms with E-state index in [2.05, 4.69) is 5.32 Å². The summed E-state index contributed by atoms with van der Waals surface area (Å²) in [5.41, 5.74) is 3.08. The van der Waals surface area contributed by atoms with E-state index in [9.17, 15) is 14.4 Å². The van der Waals surface area contributed by atoms with E-state index in [1.54, 1.807) is 26.2 Å². The molecule has 0 spiro atoms. The zero-order chi connectivity index (χ0) is 24.2. The molecule has 1 fully saturated rings. The summed E-state index contributed by atoms with van der Waals surface area (Å²) in [4.78, 5) is 41.1. The molecule has 2 heterocycles. The molecule has 0 saturated carbocycles. The van der Waals surface area contributed by atoms with Gasteiger partial charge in [-0.1, -0.05) is 12.1 Å². The van der Waals surface area contributed by atoms with Crippen LogP contribution in [0, 0.1) is 0 Å². The van der Waals surface area contributed by atoms with Crippen molar-refractivity contribution in [2.24, 2.45) is 0 Å². The number of carbonyl (C=O) groups excluding carboxylic acids is 3. The second-order valence-electron chi connectivity index (χ2n) is 8.34. The third kappa shape index (κ3) is 4.78. The van der Waals surface area contributed by atoms with Crippen LogP contribution in [0.2, 0.25) is 0 Å². The average molecular weight is 468 g/mol. The summed E-state index contributed by atoms with van der Waals surface area (Å²) in [6, 6.07) is 10.00. The first-order chi connectivity index (χ1) is 16.4. The van der Waals surface area contributed by atoms with Crippen molar-refractivity contribution < 1.29 is 28.6 Å². The first-order valence-electron chi connectivity index (χ1n) is 11.2. The van der Waals surface area contributed by atoms with Crippen molar-refractivity contribution in [1.29, 1.82) is 0 Å². The number of benzene rings is 2. The molecule has 4 rings (SSSR count). The monoisotopic (exact) mass is 467 g/mol. The normalized spacial score (nSPS) is 17.3. The van der Waals surface area contributed by atoms with Gasteiger partial charge in [0.25, 0.3) is 5.91 Å². The van der Waals surface area contributed by atoms with Crippen LogP contribution < -0.4 is 19.5 Å². The van der Waals surface area contributed by atoms with Crippen LogP contribution in [0.15, 0.2) is 36.4 Å². The van der Waals surface area contributed by atoms with Crippen LogP contribution in [-0.4, -0.2) is 68.1 Å². The third-order valence-corrected chi connectivity index (χ3v) is 6.34. The number of ether oxygens (including phenoxy) is 3. The Morgan fingerprint density at radius 3 is 2.32 bits per heavy atom. The topological polar surface area (TPSA) is 97.4 Å². The SMILES string of the molecule is COc1ccc(CCN2C(=O)N[C@H](CC(=O)N3CCc4cc(OC)c(OC)cc4C3)C2=O)cc1. The number of hydrogen-bond donors (Lipinski definition) is 1. The minimum Gasteiger partial charge on any atom is -0.497 e. The lowest BCUT2D eigenvalue weighted by molar-refractivity contribution is -0.136. The highest BCUT2D eigenvalue weighted by Crippen LogP contribution is 2.33. The Balaban J connectivity index is 1.35. The van der Waals surface area contributed by atoms with E-state index in [1.165, 1.54) is 4.90 Å². The van der Waals surface area contributed by atoms with Crippen LogP contribution in [0.25, 0.3) is 0 Å². The molecule has 0 radical (unpaired) electrons. The van der Waals surface area contributed by atoms with Crippen molar-refractivity contribution >= 4 is 17.8 Å². The van der Waals surface area contributed by atoms with Crippen LogP contribution in [0.1, 0.15) is 23.1 Å². The molecule has 0 bridgehead atoms. The maximum absolute atomic E-state index is 13.0. The smallest absolute Gasteiger partial charge is 0.324 e. The Morgan fingerprint density at radius 1 is 1.00 bits per heavy atom. The molecule has 180 valence electrons. The number of urea groups is 1. The Kier molecular flexibility index (Phi) is 6.90. The highest BCUT2D eigenvalue weighted by Gasteiger charge is 2.39. The highest BCUT2D eigenvalue weighted by atomic mass is 16.5. The molecule has 2 aliphatic heterocycles. The number of rotatable bonds is 8. The minimum absolute atomic E-state index is 0.0633. The zero-order valence-corrected chi connectivity index (χ0v) is 19.6. The van der Waals surface area contributed by atoms with Crippen LogP contribution in [0.3, 0.4) is 0 Å². The molecule has 1 N–H and O–H groups in total. The van der Waals surface area contributed by atoms with E-state index < -0.39 is 12.1 Å². The molecular formula is C25H29N3O6. The Labute approximate surface area is 198 Å². The summed E-state index contributed by atoms with van der Waals surface area (Å²) in [7, 11) is 4.77. The van der Waals surface area contributed by atoms with Crippen molar-refractivity contribution in [2.75, 3.05) is 34.4 Å². The molecule has 1 saturated heterocycles. The minimum atomic E-state index is -0.845. The van der Waals surface area contributed by atoms with E-state index in [0.29, 0.717) is 37.4 Å². The van der Waals surface area contributed by atoms with Crippen LogP contribution in [0.4, 0.5) is 4.79 Å². The van der Waals surface area contributed by atoms with E-state index in [0.717, 1.165) is 22.4 Å². The molecule has 0 aliphatic carbocycles. The maximum Gasteiger partial charge on any atom is 0.324 e. The van der Waals surface area contributed by atoms with Gasteiger partial charge in [-0.25, -0.2) is 4.79 Å². The molecule has 2 aromatic rings. The highest BCUT2D eigenvalue weighted by molar-refractivity contribution is 6.05. The molecule has 0 unspecified atom stereocenters. The van der Waals surface area contributed by atoms with Gasteiger partial charge in [0.05, 0.1) is 27.8 Å². The number of amides is 4. The van der Waals surface area contributed by atoms with Gasteiger partial charge >= 0.3 is 6.03 Å². The molecular weight excluding hydrogens is 438 g/mol. The first-order valence-corrected chi connectivity index (χ1v) is 11.2. The zero-order valence-electron chi connectivity index (χ0n) is 19.6. The van der Waals surface area contributed by atoms with Crippen LogP contribution in [-0.2, 0) is 29.0 Å². The largest absolute Gasteiger partial charge is 0.497 e. The fourth-order valence-corrected chi connectivity index (χ4v) is 4.36. The number of carbonyl (C=O) groups is 3. The number of nitrogens with zero attached hydrogens (tertiary/aromatic N) is 2. The van der Waals surface area contributed by atoms with Crippen LogP contribution >= 0.6 is 0 Å². The van der Waals surface area contributed by atoms with Gasteiger partial charge in [-0.15, -0.1) is 0 Å². The van der Waals surface area contributed by atoms with Crippen molar-refractivity contribution in [3.8, 4) is 17.2 Å². The Hall–Kier alpha value is -3.75. The molecule has 2 aromatic carbocycles. The van der Waals surface area contributed by atoms with E-state index in [1.807, 2.05) is 36.4 Å². The van der Waals surface area contributed by atoms with Gasteiger partial charge < -0.3 is 24.4 Å². The van der Waals surface area contributed by atoms with Crippen molar-refractivity contribution in [1.82, 2.24) is 15.1 Å². The predicted octanol–water partition coefficient (Wildman–Crippen LogP) is 2.15. The predicted molar refractivity (Wildman–Crippen MR) is 124 cm³/mol. The number of fused-ring (bicyclic) bond motifs is 1. The van der Waals surface area contributed by atoms with Crippen molar-refractivity contribution in [3.63, 3.8) is 0 Å². The van der Waals surface area contributed by atoms with E-state index in [4.69, 9.17) is 14.2 Å². The van der Waals surface area contributed by atoms with Crippen molar-refractivity contribution in [2.45, 2.75) is 31.8 Å². The number of nitrogens with one attached hydrogen (secondary N) is 1. The Bertz CT molecular complexity index is 1080. The molecule has 0 aromatic heterocycles. The Morgan fingerprint density at radius 2 is 1.68 bits per heavy atom. The summed E-state index contributed by atoms with van der Waals surface area (Å²) >= 11 is 0. The summed E-state index contributed by atoms with van der Waals surface area (Å²) < 4.78 is 15.9. The van der Waals surface area contributed by atoms with Gasteiger partial charge in [0.15, 0.2) is 11.5 Å². The van der Waals surface area contributed by atoms with E-state index in [-0.39, 0.29) is 24.8 Å². The molecule has 1 atom stereocenters. The van der Waals surface area contributed by atoms with Gasteiger partial charge in [0.2, 0.25) is 5.91 Å². The standard InChI is InChI=1S/C25H29N3O6/c1-32-19-6-4-16(5-7-19)8-11-28-24(30)20(26-25(28)31)14-23(29)27-10-9-17-12-21(33-2)22(34-3)13-18(17)15-27/h4-7,12-13,20H,8-11,14-15H2,1-3H3,(H,26,31)/t20-/m1/s1. The number of hydrogen-bond acceptors (Lipinski definition) is 6. The molecule has 34 heavy (non-hydrogen) atoms. The summed E-state index contributed by atoms with van der Waals surface area (Å²) in [6.07, 6.45) is 1.14. The second kappa shape index (κ2) is 10.0. The second-order valence-corrected chi connectivity index (χ2v) is 8.34. The van der Waals surface area contributed by atoms with Gasteiger partial charge in [-0.05, 0) is 53.8 Å². The van der Waals surface area contributed by atoms with Crippen LogP contribution in [0.5, 0.6) is 17.2 Å². The average Bonchev–Trinajstić information content (AvgIpc) is 3.13. The summed E-state index contributed by atoms with van der Waals surface area (Å²) in [6.45, 7) is 1.21. The summed E-state index contributed by atoms with van der Waals surface area (Å²) in [5.74, 6) is 1.48. The lowest BCUT2D eigenvalue weighted by Gasteiger charge is -2.30.